The van der Waals surface area contributed by atoms with Crippen LogP contribution < -0.4 is 21.5 Å². The van der Waals surface area contributed by atoms with Gasteiger partial charge in [0.15, 0.2) is 0 Å². The Morgan fingerprint density at radius 2 is 2.12 bits per heavy atom. The molecule has 2 aromatic rings. The average Bonchev–Trinajstić information content (AvgIpc) is 2.66. The van der Waals surface area contributed by atoms with E-state index in [0.717, 1.165) is 31.9 Å². The van der Waals surface area contributed by atoms with E-state index in [0.29, 0.717) is 12.5 Å². The number of carbonyl (C=O) groups excluding carboxylic acids is 1. The SMILES string of the molecule is O=C(CCn1ccc(=O)[nH]c1=O)NC[C@@H]1CCCN(c2ncccn2)C1. The van der Waals surface area contributed by atoms with Crippen molar-refractivity contribution in [3.8, 4) is 0 Å². The van der Waals surface area contributed by atoms with E-state index in [4.69, 9.17) is 0 Å². The van der Waals surface area contributed by atoms with E-state index in [1.807, 2.05) is 0 Å². The second-order valence-corrected chi connectivity index (χ2v) is 6.36. The van der Waals surface area contributed by atoms with Gasteiger partial charge in [-0.05, 0) is 24.8 Å². The minimum Gasteiger partial charge on any atom is -0.356 e. The molecule has 1 saturated heterocycles. The zero-order valence-corrected chi connectivity index (χ0v) is 14.4. The highest BCUT2D eigenvalue weighted by Crippen LogP contribution is 2.19. The summed E-state index contributed by atoms with van der Waals surface area (Å²) in [5.41, 5.74) is -0.948. The molecular formula is C17H22N6O3. The number of amides is 1. The largest absolute Gasteiger partial charge is 0.356 e. The van der Waals surface area contributed by atoms with Gasteiger partial charge in [0.1, 0.15) is 0 Å². The molecule has 0 bridgehead atoms. The van der Waals surface area contributed by atoms with Crippen LogP contribution in [-0.2, 0) is 11.3 Å². The minimum absolute atomic E-state index is 0.115. The summed E-state index contributed by atoms with van der Waals surface area (Å²) in [4.78, 5) is 47.5. The van der Waals surface area contributed by atoms with E-state index >= 15 is 0 Å². The van der Waals surface area contributed by atoms with Gasteiger partial charge < -0.3 is 14.8 Å². The van der Waals surface area contributed by atoms with Gasteiger partial charge in [0, 0.05) is 57.3 Å². The summed E-state index contributed by atoms with van der Waals surface area (Å²) in [7, 11) is 0. The highest BCUT2D eigenvalue weighted by molar-refractivity contribution is 5.75. The van der Waals surface area contributed by atoms with Gasteiger partial charge in [0.2, 0.25) is 11.9 Å². The molecule has 2 N–H and O–H groups in total. The molecule has 0 unspecified atom stereocenters. The first-order valence-electron chi connectivity index (χ1n) is 8.70. The zero-order chi connectivity index (χ0) is 18.4. The summed E-state index contributed by atoms with van der Waals surface area (Å²) in [6.07, 6.45) is 7.12. The van der Waals surface area contributed by atoms with E-state index < -0.39 is 11.2 Å². The van der Waals surface area contributed by atoms with E-state index in [9.17, 15) is 14.4 Å². The number of aromatic amines is 1. The number of aryl methyl sites for hydroxylation is 1. The lowest BCUT2D eigenvalue weighted by Crippen LogP contribution is -2.41. The Labute approximate surface area is 150 Å². The van der Waals surface area contributed by atoms with Crippen molar-refractivity contribution in [1.82, 2.24) is 24.8 Å². The molecule has 1 atom stereocenters. The van der Waals surface area contributed by atoms with Gasteiger partial charge in [0.25, 0.3) is 5.56 Å². The zero-order valence-electron chi connectivity index (χ0n) is 14.4. The molecule has 0 aromatic carbocycles. The highest BCUT2D eigenvalue weighted by atomic mass is 16.2. The number of nitrogens with zero attached hydrogens (tertiary/aromatic N) is 4. The predicted octanol–water partition coefficient (Wildman–Crippen LogP) is -0.250. The van der Waals surface area contributed by atoms with Gasteiger partial charge in [-0.15, -0.1) is 0 Å². The predicted molar refractivity (Wildman–Crippen MR) is 95.9 cm³/mol. The van der Waals surface area contributed by atoms with Crippen molar-refractivity contribution >= 4 is 11.9 Å². The summed E-state index contributed by atoms with van der Waals surface area (Å²) in [5.74, 6) is 0.949. The number of hydrogen-bond acceptors (Lipinski definition) is 6. The average molecular weight is 358 g/mol. The van der Waals surface area contributed by atoms with Crippen LogP contribution in [0.3, 0.4) is 0 Å². The van der Waals surface area contributed by atoms with Crippen molar-refractivity contribution in [3.05, 3.63) is 51.6 Å². The lowest BCUT2D eigenvalue weighted by atomic mass is 9.98. The smallest absolute Gasteiger partial charge is 0.328 e. The topological polar surface area (TPSA) is 113 Å². The van der Waals surface area contributed by atoms with Crippen molar-refractivity contribution < 1.29 is 4.79 Å². The van der Waals surface area contributed by atoms with E-state index in [1.54, 1.807) is 18.5 Å². The molecule has 9 nitrogen and oxygen atoms in total. The lowest BCUT2D eigenvalue weighted by Gasteiger charge is -2.32. The van der Waals surface area contributed by atoms with E-state index in [1.165, 1.54) is 16.8 Å². The Morgan fingerprint density at radius 3 is 2.88 bits per heavy atom. The van der Waals surface area contributed by atoms with Gasteiger partial charge in [-0.25, -0.2) is 14.8 Å². The third kappa shape index (κ3) is 4.78. The molecule has 1 fully saturated rings. The maximum Gasteiger partial charge on any atom is 0.328 e. The number of H-pyrrole nitrogens is 1. The van der Waals surface area contributed by atoms with Crippen LogP contribution >= 0.6 is 0 Å². The fourth-order valence-electron chi connectivity index (χ4n) is 3.06. The third-order valence-electron chi connectivity index (χ3n) is 4.42. The second kappa shape index (κ2) is 8.41. The molecule has 1 aliphatic rings. The molecule has 0 radical (unpaired) electrons. The number of hydrogen-bond donors (Lipinski definition) is 2. The summed E-state index contributed by atoms with van der Waals surface area (Å²) in [6.45, 7) is 2.55. The molecule has 0 aliphatic carbocycles. The van der Waals surface area contributed by atoms with Crippen LogP contribution in [0, 0.1) is 5.92 Å². The number of aromatic nitrogens is 4. The molecule has 0 saturated carbocycles. The molecule has 1 amide bonds. The highest BCUT2D eigenvalue weighted by Gasteiger charge is 2.21. The van der Waals surface area contributed by atoms with Gasteiger partial charge in [0.05, 0.1) is 0 Å². The molecule has 26 heavy (non-hydrogen) atoms. The number of anilines is 1. The fourth-order valence-corrected chi connectivity index (χ4v) is 3.06. The number of nitrogens with one attached hydrogen (secondary N) is 2. The monoisotopic (exact) mass is 358 g/mol. The van der Waals surface area contributed by atoms with Gasteiger partial charge in [-0.2, -0.15) is 0 Å². The number of rotatable bonds is 6. The summed E-state index contributed by atoms with van der Waals surface area (Å²) < 4.78 is 1.32. The number of carbonyl (C=O) groups is 1. The Hall–Kier alpha value is -2.97. The van der Waals surface area contributed by atoms with Crippen molar-refractivity contribution in [2.24, 2.45) is 5.92 Å². The summed E-state index contributed by atoms with van der Waals surface area (Å²) >= 11 is 0. The maximum absolute atomic E-state index is 12.1. The Bertz CT molecular complexity index is 847. The first-order chi connectivity index (χ1) is 12.6. The van der Waals surface area contributed by atoms with Crippen molar-refractivity contribution in [3.63, 3.8) is 0 Å². The van der Waals surface area contributed by atoms with Gasteiger partial charge in [-0.3, -0.25) is 14.6 Å². The van der Waals surface area contributed by atoms with E-state index in [-0.39, 0.29) is 18.9 Å². The van der Waals surface area contributed by atoms with Crippen LogP contribution in [-0.4, -0.2) is 45.1 Å². The summed E-state index contributed by atoms with van der Waals surface area (Å²) in [6, 6.07) is 3.06. The van der Waals surface area contributed by atoms with E-state index in [2.05, 4.69) is 25.2 Å². The third-order valence-corrected chi connectivity index (χ3v) is 4.42. The maximum atomic E-state index is 12.1. The fraction of sp³-hybridized carbons (Fsp3) is 0.471. The normalized spacial score (nSPS) is 17.1. The Morgan fingerprint density at radius 1 is 1.31 bits per heavy atom. The van der Waals surface area contributed by atoms with Crippen LogP contribution in [0.1, 0.15) is 19.3 Å². The molecule has 1 aliphatic heterocycles. The first-order valence-corrected chi connectivity index (χ1v) is 8.70. The van der Waals surface area contributed by atoms with Gasteiger partial charge >= 0.3 is 5.69 Å². The first kappa shape index (κ1) is 17.8. The van der Waals surface area contributed by atoms with Crippen molar-refractivity contribution in [2.75, 3.05) is 24.5 Å². The molecule has 0 spiro atoms. The molecule has 3 rings (SSSR count). The lowest BCUT2D eigenvalue weighted by molar-refractivity contribution is -0.121. The standard InChI is InChI=1S/C17H22N6O3/c24-14(4-9-22-10-5-15(25)21-17(22)26)20-11-13-3-1-8-23(12-13)16-18-6-2-7-19-16/h2,5-7,10,13H,1,3-4,8-9,11-12H2,(H,20,24)(H,21,25,26)/t13-/m0/s1. The van der Waals surface area contributed by atoms with Crippen LogP contribution in [0.2, 0.25) is 0 Å². The quantitative estimate of drug-likeness (QED) is 0.736. The van der Waals surface area contributed by atoms with Crippen LogP contribution in [0.25, 0.3) is 0 Å². The summed E-state index contributed by atoms with van der Waals surface area (Å²) in [5, 5.41) is 2.93. The second-order valence-electron chi connectivity index (χ2n) is 6.36. The molecule has 9 heteroatoms. The minimum atomic E-state index is -0.504. The van der Waals surface area contributed by atoms with Gasteiger partial charge in [-0.1, -0.05) is 0 Å². The van der Waals surface area contributed by atoms with Crippen LogP contribution in [0.5, 0.6) is 0 Å². The Balaban J connectivity index is 1.45. The molecule has 2 aromatic heterocycles. The van der Waals surface area contributed by atoms with Crippen LogP contribution in [0.15, 0.2) is 40.3 Å². The Kier molecular flexibility index (Phi) is 5.77. The number of piperidine rings is 1. The van der Waals surface area contributed by atoms with Crippen molar-refractivity contribution in [1.29, 1.82) is 0 Å². The van der Waals surface area contributed by atoms with Crippen molar-refractivity contribution in [2.45, 2.75) is 25.8 Å². The molecule has 3 heterocycles. The molecular weight excluding hydrogens is 336 g/mol. The van der Waals surface area contributed by atoms with Crippen LogP contribution in [0.4, 0.5) is 5.95 Å². The molecule has 138 valence electrons.